The maximum Gasteiger partial charge on any atom is 0.255 e. The largest absolute Gasteiger partial charge is 0.322 e. The first kappa shape index (κ1) is 16.5. The van der Waals surface area contributed by atoms with Crippen molar-refractivity contribution in [3.05, 3.63) is 41.6 Å². The Morgan fingerprint density at radius 1 is 1.23 bits per heavy atom. The van der Waals surface area contributed by atoms with Crippen molar-refractivity contribution in [3.63, 3.8) is 0 Å². The van der Waals surface area contributed by atoms with E-state index in [1.165, 1.54) is 0 Å². The summed E-state index contributed by atoms with van der Waals surface area (Å²) in [5.41, 5.74) is 3.33. The lowest BCUT2D eigenvalue weighted by atomic mass is 10.0. The monoisotopic (exact) mass is 352 g/mol. The molecule has 1 fully saturated rings. The Morgan fingerprint density at radius 2 is 2.08 bits per heavy atom. The molecule has 7 nitrogen and oxygen atoms in total. The third kappa shape index (κ3) is 2.79. The number of amides is 3. The van der Waals surface area contributed by atoms with Gasteiger partial charge in [0, 0.05) is 36.8 Å². The Balaban J connectivity index is 1.58. The Morgan fingerprint density at radius 3 is 2.85 bits per heavy atom. The van der Waals surface area contributed by atoms with Crippen molar-refractivity contribution >= 4 is 17.7 Å². The molecule has 4 rings (SSSR count). The second-order valence-corrected chi connectivity index (χ2v) is 6.74. The van der Waals surface area contributed by atoms with Gasteiger partial charge >= 0.3 is 0 Å². The van der Waals surface area contributed by atoms with E-state index in [0.717, 1.165) is 29.8 Å². The lowest BCUT2D eigenvalue weighted by Gasteiger charge is -2.29. The fourth-order valence-electron chi connectivity index (χ4n) is 3.60. The second-order valence-electron chi connectivity index (χ2n) is 6.74. The number of carbonyl (C=O) groups is 3. The molecule has 1 saturated heterocycles. The molecule has 1 unspecified atom stereocenters. The lowest BCUT2D eigenvalue weighted by molar-refractivity contribution is -0.136. The van der Waals surface area contributed by atoms with Gasteiger partial charge in [-0.25, -0.2) is 0 Å². The van der Waals surface area contributed by atoms with Gasteiger partial charge in [-0.15, -0.1) is 0 Å². The van der Waals surface area contributed by atoms with Gasteiger partial charge in [-0.1, -0.05) is 13.0 Å². The van der Waals surface area contributed by atoms with Gasteiger partial charge in [0.15, 0.2) is 0 Å². The number of nitrogens with zero attached hydrogens (tertiary/aromatic N) is 3. The molecule has 3 amide bonds. The van der Waals surface area contributed by atoms with Crippen molar-refractivity contribution in [2.45, 2.75) is 45.3 Å². The number of piperidine rings is 1. The van der Waals surface area contributed by atoms with Crippen LogP contribution in [-0.2, 0) is 22.7 Å². The van der Waals surface area contributed by atoms with Crippen LogP contribution in [0.15, 0.2) is 30.5 Å². The van der Waals surface area contributed by atoms with E-state index in [2.05, 4.69) is 17.3 Å². The lowest BCUT2D eigenvalue weighted by Crippen LogP contribution is -2.52. The molecule has 0 saturated carbocycles. The predicted molar refractivity (Wildman–Crippen MR) is 94.0 cm³/mol. The molecule has 3 heterocycles. The Hall–Kier alpha value is -2.96. The van der Waals surface area contributed by atoms with E-state index in [4.69, 9.17) is 0 Å². The highest BCUT2D eigenvalue weighted by molar-refractivity contribution is 6.05. The number of nitrogens with one attached hydrogen (secondary N) is 1. The minimum atomic E-state index is -0.584. The van der Waals surface area contributed by atoms with Crippen LogP contribution < -0.4 is 5.32 Å². The predicted octanol–water partition coefficient (Wildman–Crippen LogP) is 1.72. The van der Waals surface area contributed by atoms with Gasteiger partial charge < -0.3 is 4.90 Å². The molecular weight excluding hydrogens is 332 g/mol. The summed E-state index contributed by atoms with van der Waals surface area (Å²) in [4.78, 5) is 37.7. The molecule has 1 N–H and O–H groups in total. The topological polar surface area (TPSA) is 84.3 Å². The smallest absolute Gasteiger partial charge is 0.255 e. The molecule has 7 heteroatoms. The molecule has 2 aliphatic rings. The van der Waals surface area contributed by atoms with Crippen LogP contribution in [0.3, 0.4) is 0 Å². The van der Waals surface area contributed by atoms with Gasteiger partial charge in [0.25, 0.3) is 5.91 Å². The zero-order valence-electron chi connectivity index (χ0n) is 14.6. The number of aryl methyl sites for hydroxylation is 1. The van der Waals surface area contributed by atoms with E-state index in [1.54, 1.807) is 11.0 Å². The van der Waals surface area contributed by atoms with Crippen molar-refractivity contribution in [1.82, 2.24) is 20.0 Å². The maximum absolute atomic E-state index is 12.7. The van der Waals surface area contributed by atoms with E-state index in [9.17, 15) is 14.4 Å². The molecule has 1 aromatic heterocycles. The van der Waals surface area contributed by atoms with Gasteiger partial charge in [-0.05, 0) is 36.6 Å². The quantitative estimate of drug-likeness (QED) is 0.849. The minimum absolute atomic E-state index is 0.155. The fraction of sp³-hybridized carbons (Fsp3) is 0.368. The zero-order valence-corrected chi connectivity index (χ0v) is 14.6. The van der Waals surface area contributed by atoms with Crippen LogP contribution in [0.1, 0.15) is 42.1 Å². The molecule has 134 valence electrons. The zero-order chi connectivity index (χ0) is 18.3. The van der Waals surface area contributed by atoms with E-state index in [-0.39, 0.29) is 24.1 Å². The number of hydrogen-bond donors (Lipinski definition) is 1. The number of aromatic nitrogens is 2. The summed E-state index contributed by atoms with van der Waals surface area (Å²) < 4.78 is 1.91. The van der Waals surface area contributed by atoms with E-state index in [0.29, 0.717) is 18.5 Å². The van der Waals surface area contributed by atoms with Crippen LogP contribution in [0.2, 0.25) is 0 Å². The molecule has 2 aliphatic heterocycles. The molecule has 0 spiro atoms. The van der Waals surface area contributed by atoms with Gasteiger partial charge in [-0.2, -0.15) is 5.10 Å². The Kier molecular flexibility index (Phi) is 4.06. The van der Waals surface area contributed by atoms with Crippen LogP contribution in [0.25, 0.3) is 11.3 Å². The average Bonchev–Trinajstić information content (AvgIpc) is 3.20. The van der Waals surface area contributed by atoms with Crippen molar-refractivity contribution in [2.75, 3.05) is 0 Å². The molecule has 0 bridgehead atoms. The van der Waals surface area contributed by atoms with Crippen LogP contribution in [0, 0.1) is 0 Å². The first-order valence-corrected chi connectivity index (χ1v) is 8.88. The third-order valence-electron chi connectivity index (χ3n) is 4.91. The first-order chi connectivity index (χ1) is 12.6. The number of hydrogen-bond acceptors (Lipinski definition) is 4. The van der Waals surface area contributed by atoms with Crippen LogP contribution in [0.4, 0.5) is 0 Å². The number of imide groups is 1. The van der Waals surface area contributed by atoms with Crippen molar-refractivity contribution < 1.29 is 14.4 Å². The van der Waals surface area contributed by atoms with Crippen LogP contribution >= 0.6 is 0 Å². The number of carbonyl (C=O) groups excluding carboxylic acids is 3. The van der Waals surface area contributed by atoms with Crippen molar-refractivity contribution in [2.24, 2.45) is 0 Å². The summed E-state index contributed by atoms with van der Waals surface area (Å²) in [6.07, 6.45) is 3.60. The normalized spacial score (nSPS) is 19.7. The van der Waals surface area contributed by atoms with Crippen LogP contribution in [0.5, 0.6) is 0 Å². The highest BCUT2D eigenvalue weighted by Crippen LogP contribution is 2.30. The first-order valence-electron chi connectivity index (χ1n) is 8.88. The molecular formula is C19H20N4O3. The highest BCUT2D eigenvalue weighted by Gasteiger charge is 2.39. The van der Waals surface area contributed by atoms with Crippen molar-refractivity contribution in [3.8, 4) is 11.3 Å². The molecule has 1 aromatic carbocycles. The third-order valence-corrected chi connectivity index (χ3v) is 4.91. The highest BCUT2D eigenvalue weighted by atomic mass is 16.2. The number of fused-ring (bicyclic) bond motifs is 1. The summed E-state index contributed by atoms with van der Waals surface area (Å²) in [6, 6.07) is 7.05. The van der Waals surface area contributed by atoms with Crippen molar-refractivity contribution in [1.29, 1.82) is 0 Å². The fourth-order valence-corrected chi connectivity index (χ4v) is 3.60. The average molecular weight is 352 g/mol. The minimum Gasteiger partial charge on any atom is -0.322 e. The van der Waals surface area contributed by atoms with E-state index in [1.807, 2.05) is 29.1 Å². The van der Waals surface area contributed by atoms with Crippen LogP contribution in [-0.4, -0.2) is 38.4 Å². The summed E-state index contributed by atoms with van der Waals surface area (Å²) >= 11 is 0. The Bertz CT molecular complexity index is 902. The van der Waals surface area contributed by atoms with E-state index < -0.39 is 6.04 Å². The Labute approximate surface area is 151 Å². The van der Waals surface area contributed by atoms with Gasteiger partial charge in [0.05, 0.1) is 5.69 Å². The van der Waals surface area contributed by atoms with Gasteiger partial charge in [0.1, 0.15) is 6.04 Å². The van der Waals surface area contributed by atoms with Gasteiger partial charge in [0.2, 0.25) is 11.8 Å². The van der Waals surface area contributed by atoms with E-state index >= 15 is 0 Å². The molecule has 2 aromatic rings. The molecule has 0 aliphatic carbocycles. The number of rotatable bonds is 4. The summed E-state index contributed by atoms with van der Waals surface area (Å²) in [7, 11) is 0. The molecule has 0 radical (unpaired) electrons. The maximum atomic E-state index is 12.7. The standard InChI is InChI=1S/C19H20N4O3/c1-2-8-22-9-7-15(21-22)12-3-4-14-13(10-12)11-23(19(14)26)16-5-6-17(24)20-18(16)25/h3-4,7,9-10,16H,2,5-6,8,11H2,1H3,(H,20,24,25). The summed E-state index contributed by atoms with van der Waals surface area (Å²) in [5.74, 6) is -0.820. The summed E-state index contributed by atoms with van der Waals surface area (Å²) in [6.45, 7) is 3.35. The SMILES string of the molecule is CCCn1ccc(-c2ccc3c(c2)CN(C2CCC(=O)NC2=O)C3=O)n1. The second kappa shape index (κ2) is 6.40. The molecule has 1 atom stereocenters. The van der Waals surface area contributed by atoms with Gasteiger partial charge in [-0.3, -0.25) is 24.4 Å². The molecule has 26 heavy (non-hydrogen) atoms. The number of benzene rings is 1. The summed E-state index contributed by atoms with van der Waals surface area (Å²) in [5, 5.41) is 6.88.